The van der Waals surface area contributed by atoms with Crippen molar-refractivity contribution in [3.63, 3.8) is 0 Å². The first-order valence-electron chi connectivity index (χ1n) is 6.57. The van der Waals surface area contributed by atoms with Crippen molar-refractivity contribution in [1.29, 1.82) is 0 Å². The van der Waals surface area contributed by atoms with Gasteiger partial charge in [0.1, 0.15) is 12.7 Å². The van der Waals surface area contributed by atoms with Gasteiger partial charge in [-0.1, -0.05) is 19.8 Å². The van der Waals surface area contributed by atoms with Gasteiger partial charge in [0.05, 0.1) is 0 Å². The standard InChI is InChI=1S/C11H19N9/c1-3-4-5-8(2)15-9-16-10(19-12)18-11(17-9)20-7-13-6-14-20/h6-8H,3-5,12H2,1-2H3,(H2,15,16,17,18,19). The minimum atomic E-state index is 0.270. The van der Waals surface area contributed by atoms with E-state index >= 15 is 0 Å². The Balaban J connectivity index is 2.18. The molecule has 0 radical (unpaired) electrons. The Morgan fingerprint density at radius 1 is 1.30 bits per heavy atom. The second-order valence-electron chi connectivity index (χ2n) is 4.45. The maximum Gasteiger partial charge on any atom is 0.258 e. The molecule has 0 saturated carbocycles. The topological polar surface area (TPSA) is 119 Å². The largest absolute Gasteiger partial charge is 0.352 e. The van der Waals surface area contributed by atoms with Crippen LogP contribution in [0.1, 0.15) is 33.1 Å². The van der Waals surface area contributed by atoms with Crippen molar-refractivity contribution in [2.24, 2.45) is 5.84 Å². The minimum absolute atomic E-state index is 0.270. The summed E-state index contributed by atoms with van der Waals surface area (Å²) in [5.41, 5.74) is 2.42. The fraction of sp³-hybridized carbons (Fsp3) is 0.545. The highest BCUT2D eigenvalue weighted by atomic mass is 15.4. The third kappa shape index (κ3) is 3.60. The number of nitrogens with two attached hydrogens (primary N) is 1. The predicted octanol–water partition coefficient (Wildman–Crippen LogP) is 0.728. The molecule has 0 aliphatic heterocycles. The van der Waals surface area contributed by atoms with E-state index < -0.39 is 0 Å². The molecular weight excluding hydrogens is 258 g/mol. The Labute approximate surface area is 117 Å². The van der Waals surface area contributed by atoms with Crippen molar-refractivity contribution < 1.29 is 0 Å². The second-order valence-corrected chi connectivity index (χ2v) is 4.45. The van der Waals surface area contributed by atoms with Crippen LogP contribution in [-0.4, -0.2) is 35.8 Å². The number of unbranched alkanes of at least 4 members (excludes halogenated alkanes) is 1. The molecular formula is C11H19N9. The van der Waals surface area contributed by atoms with Crippen LogP contribution in [0.2, 0.25) is 0 Å². The Morgan fingerprint density at radius 2 is 2.10 bits per heavy atom. The van der Waals surface area contributed by atoms with Crippen LogP contribution >= 0.6 is 0 Å². The highest BCUT2D eigenvalue weighted by Crippen LogP contribution is 2.10. The molecule has 0 aliphatic carbocycles. The third-order valence-electron chi connectivity index (χ3n) is 2.74. The van der Waals surface area contributed by atoms with Crippen molar-refractivity contribution in [2.45, 2.75) is 39.2 Å². The molecule has 1 atom stereocenters. The number of nitrogens with one attached hydrogen (secondary N) is 2. The molecule has 0 fully saturated rings. The zero-order valence-electron chi connectivity index (χ0n) is 11.6. The van der Waals surface area contributed by atoms with E-state index in [9.17, 15) is 0 Å². The smallest absolute Gasteiger partial charge is 0.258 e. The summed E-state index contributed by atoms with van der Waals surface area (Å²) < 4.78 is 1.45. The lowest BCUT2D eigenvalue weighted by Gasteiger charge is -2.14. The van der Waals surface area contributed by atoms with Gasteiger partial charge in [-0.15, -0.1) is 0 Å². The highest BCUT2D eigenvalue weighted by molar-refractivity contribution is 5.37. The Bertz CT molecular complexity index is 525. The zero-order valence-corrected chi connectivity index (χ0v) is 11.6. The van der Waals surface area contributed by atoms with Gasteiger partial charge in [-0.3, -0.25) is 5.43 Å². The van der Waals surface area contributed by atoms with Gasteiger partial charge in [0.25, 0.3) is 5.95 Å². The van der Waals surface area contributed by atoms with Crippen molar-refractivity contribution in [3.8, 4) is 5.95 Å². The lowest BCUT2D eigenvalue weighted by molar-refractivity contribution is 0.639. The molecule has 0 aliphatic rings. The number of hydrogen-bond donors (Lipinski definition) is 3. The molecule has 9 nitrogen and oxygen atoms in total. The molecule has 0 aromatic carbocycles. The molecule has 9 heteroatoms. The summed E-state index contributed by atoms with van der Waals surface area (Å²) in [5, 5.41) is 7.22. The average molecular weight is 277 g/mol. The summed E-state index contributed by atoms with van der Waals surface area (Å²) in [6.07, 6.45) is 6.28. The molecule has 2 heterocycles. The van der Waals surface area contributed by atoms with Crippen molar-refractivity contribution in [1.82, 2.24) is 29.7 Å². The summed E-state index contributed by atoms with van der Waals surface area (Å²) in [5.74, 6) is 6.47. The second kappa shape index (κ2) is 6.75. The lowest BCUT2D eigenvalue weighted by atomic mass is 10.1. The Morgan fingerprint density at radius 3 is 2.75 bits per heavy atom. The fourth-order valence-corrected chi connectivity index (χ4v) is 1.71. The number of hydrogen-bond acceptors (Lipinski definition) is 8. The monoisotopic (exact) mass is 277 g/mol. The zero-order chi connectivity index (χ0) is 14.4. The van der Waals surface area contributed by atoms with E-state index in [1.807, 2.05) is 0 Å². The first-order valence-corrected chi connectivity index (χ1v) is 6.57. The number of rotatable bonds is 7. The molecule has 0 bridgehead atoms. The molecule has 4 N–H and O–H groups in total. The van der Waals surface area contributed by atoms with Gasteiger partial charge in [-0.2, -0.15) is 24.7 Å². The number of anilines is 2. The SMILES string of the molecule is CCCCC(C)Nc1nc(NN)nc(-n2cncn2)n1. The van der Waals surface area contributed by atoms with E-state index in [-0.39, 0.29) is 12.0 Å². The van der Waals surface area contributed by atoms with Gasteiger partial charge in [0.2, 0.25) is 11.9 Å². The summed E-state index contributed by atoms with van der Waals surface area (Å²) in [4.78, 5) is 16.5. The third-order valence-corrected chi connectivity index (χ3v) is 2.74. The number of nitrogens with zero attached hydrogens (tertiary/aromatic N) is 6. The number of nitrogen functional groups attached to an aromatic ring is 1. The van der Waals surface area contributed by atoms with Gasteiger partial charge < -0.3 is 5.32 Å². The Kier molecular flexibility index (Phi) is 4.77. The van der Waals surface area contributed by atoms with Crippen LogP contribution in [0.15, 0.2) is 12.7 Å². The highest BCUT2D eigenvalue weighted by Gasteiger charge is 2.10. The summed E-state index contributed by atoms with van der Waals surface area (Å²) in [7, 11) is 0. The molecule has 20 heavy (non-hydrogen) atoms. The summed E-state index contributed by atoms with van der Waals surface area (Å²) in [6, 6.07) is 0.270. The average Bonchev–Trinajstić information content (AvgIpc) is 2.99. The van der Waals surface area contributed by atoms with Gasteiger partial charge >= 0.3 is 0 Å². The van der Waals surface area contributed by atoms with Crippen LogP contribution in [0.25, 0.3) is 5.95 Å². The van der Waals surface area contributed by atoms with E-state index in [2.05, 4.69) is 49.6 Å². The molecule has 1 unspecified atom stereocenters. The number of hydrazine groups is 1. The van der Waals surface area contributed by atoms with Crippen LogP contribution < -0.4 is 16.6 Å². The quantitative estimate of drug-likeness (QED) is 0.500. The van der Waals surface area contributed by atoms with Gasteiger partial charge in [-0.25, -0.2) is 10.8 Å². The van der Waals surface area contributed by atoms with Crippen LogP contribution in [0.4, 0.5) is 11.9 Å². The molecule has 2 aromatic heterocycles. The van der Waals surface area contributed by atoms with Gasteiger partial charge in [-0.05, 0) is 13.3 Å². The molecule has 0 spiro atoms. The summed E-state index contributed by atoms with van der Waals surface area (Å²) >= 11 is 0. The maximum atomic E-state index is 5.38. The first-order chi connectivity index (χ1) is 9.72. The number of aromatic nitrogens is 6. The van der Waals surface area contributed by atoms with Gasteiger partial charge in [0.15, 0.2) is 0 Å². The van der Waals surface area contributed by atoms with Crippen molar-refractivity contribution in [2.75, 3.05) is 10.7 Å². The first kappa shape index (κ1) is 14.1. The Hall–Kier alpha value is -2.29. The van der Waals surface area contributed by atoms with Crippen LogP contribution in [-0.2, 0) is 0 Å². The van der Waals surface area contributed by atoms with Crippen LogP contribution in [0, 0.1) is 0 Å². The van der Waals surface area contributed by atoms with Crippen molar-refractivity contribution in [3.05, 3.63) is 12.7 Å². The molecule has 108 valence electrons. The van der Waals surface area contributed by atoms with E-state index in [0.717, 1.165) is 19.3 Å². The maximum absolute atomic E-state index is 5.38. The summed E-state index contributed by atoms with van der Waals surface area (Å²) in [6.45, 7) is 4.25. The van der Waals surface area contributed by atoms with Crippen LogP contribution in [0.5, 0.6) is 0 Å². The predicted molar refractivity (Wildman–Crippen MR) is 75.2 cm³/mol. The van der Waals surface area contributed by atoms with Crippen molar-refractivity contribution >= 4 is 11.9 Å². The lowest BCUT2D eigenvalue weighted by Crippen LogP contribution is -2.20. The van der Waals surface area contributed by atoms with E-state index in [4.69, 9.17) is 5.84 Å². The molecule has 2 aromatic rings. The normalized spacial score (nSPS) is 12.2. The minimum Gasteiger partial charge on any atom is -0.352 e. The van der Waals surface area contributed by atoms with E-state index in [1.165, 1.54) is 17.3 Å². The molecule has 0 amide bonds. The molecule has 0 saturated heterocycles. The fourth-order valence-electron chi connectivity index (χ4n) is 1.71. The van der Waals surface area contributed by atoms with E-state index in [0.29, 0.717) is 11.9 Å². The van der Waals surface area contributed by atoms with E-state index in [1.54, 1.807) is 0 Å². The molecule has 2 rings (SSSR count). The van der Waals surface area contributed by atoms with Gasteiger partial charge in [0, 0.05) is 6.04 Å². The van der Waals surface area contributed by atoms with Crippen LogP contribution in [0.3, 0.4) is 0 Å².